The molecule has 1 N–H and O–H groups in total. The number of hydrogen-bond acceptors (Lipinski definition) is 2. The number of nitrogens with zero attached hydrogens (tertiary/aromatic N) is 1. The Morgan fingerprint density at radius 1 is 1.20 bits per heavy atom. The third kappa shape index (κ3) is 2.42. The zero-order valence-corrected chi connectivity index (χ0v) is 9.77. The number of thioether (sulfide) groups is 1. The minimum atomic E-state index is 1.00. The van der Waals surface area contributed by atoms with E-state index in [-0.39, 0.29) is 0 Å². The van der Waals surface area contributed by atoms with Crippen LogP contribution in [0, 0.1) is 13.8 Å². The number of nitrogens with one attached hydrogen (secondary N) is 1. The number of aryl methyl sites for hydroxylation is 2. The van der Waals surface area contributed by atoms with Gasteiger partial charge in [0.05, 0.1) is 10.6 Å². The van der Waals surface area contributed by atoms with Gasteiger partial charge in [-0.25, -0.2) is 0 Å². The fourth-order valence-electron chi connectivity index (χ4n) is 1.48. The summed E-state index contributed by atoms with van der Waals surface area (Å²) >= 11 is 1.84. The van der Waals surface area contributed by atoms with Gasteiger partial charge in [-0.05, 0) is 19.4 Å². The lowest BCUT2D eigenvalue weighted by Gasteiger charge is -2.01. The molecule has 0 aliphatic carbocycles. The monoisotopic (exact) mass is 218 g/mol. The molecule has 0 atom stereocenters. The molecular formula is C12H14N2S. The zero-order chi connectivity index (χ0) is 10.7. The van der Waals surface area contributed by atoms with E-state index < -0.39 is 0 Å². The summed E-state index contributed by atoms with van der Waals surface area (Å²) in [6.45, 7) is 4.10. The van der Waals surface area contributed by atoms with Crippen LogP contribution in [0.3, 0.4) is 0 Å². The molecule has 1 aromatic carbocycles. The van der Waals surface area contributed by atoms with Crippen LogP contribution >= 0.6 is 11.8 Å². The Labute approximate surface area is 94.1 Å². The van der Waals surface area contributed by atoms with E-state index in [2.05, 4.69) is 41.4 Å². The second-order valence-corrected chi connectivity index (χ2v) is 4.52. The lowest BCUT2D eigenvalue weighted by Crippen LogP contribution is -1.81. The minimum Gasteiger partial charge on any atom is -0.281 e. The molecular weight excluding hydrogens is 204 g/mol. The van der Waals surface area contributed by atoms with Gasteiger partial charge in [-0.1, -0.05) is 30.3 Å². The lowest BCUT2D eigenvalue weighted by molar-refractivity contribution is 1.02. The number of aromatic amines is 1. The summed E-state index contributed by atoms with van der Waals surface area (Å²) in [4.78, 5) is 1.28. The molecule has 1 aromatic heterocycles. The molecule has 0 saturated carbocycles. The molecule has 0 amide bonds. The minimum absolute atomic E-state index is 1.00. The summed E-state index contributed by atoms with van der Waals surface area (Å²) in [6, 6.07) is 10.5. The molecule has 0 radical (unpaired) electrons. The molecule has 0 bridgehead atoms. The number of H-pyrrole nitrogens is 1. The molecule has 15 heavy (non-hydrogen) atoms. The fraction of sp³-hybridized carbons (Fsp3) is 0.250. The van der Waals surface area contributed by atoms with Crippen molar-refractivity contribution in [3.63, 3.8) is 0 Å². The maximum absolute atomic E-state index is 4.18. The Morgan fingerprint density at radius 3 is 2.53 bits per heavy atom. The van der Waals surface area contributed by atoms with Gasteiger partial charge in [0, 0.05) is 11.4 Å². The van der Waals surface area contributed by atoms with Crippen LogP contribution in [0.2, 0.25) is 0 Å². The lowest BCUT2D eigenvalue weighted by atomic mass is 10.2. The van der Waals surface area contributed by atoms with Crippen LogP contribution in [-0.4, -0.2) is 10.2 Å². The molecule has 1 heterocycles. The summed E-state index contributed by atoms with van der Waals surface area (Å²) in [5.74, 6) is 1.00. The molecule has 0 aliphatic rings. The summed E-state index contributed by atoms with van der Waals surface area (Å²) in [6.07, 6.45) is 0. The van der Waals surface area contributed by atoms with E-state index in [1.807, 2.05) is 24.8 Å². The molecule has 0 unspecified atom stereocenters. The van der Waals surface area contributed by atoms with Crippen molar-refractivity contribution in [1.82, 2.24) is 10.2 Å². The molecule has 2 rings (SSSR count). The van der Waals surface area contributed by atoms with Gasteiger partial charge < -0.3 is 0 Å². The van der Waals surface area contributed by atoms with Crippen molar-refractivity contribution < 1.29 is 0 Å². The van der Waals surface area contributed by atoms with Crippen molar-refractivity contribution in [2.75, 3.05) is 0 Å². The van der Waals surface area contributed by atoms with E-state index in [0.29, 0.717) is 0 Å². The van der Waals surface area contributed by atoms with Crippen LogP contribution in [-0.2, 0) is 5.75 Å². The number of aromatic nitrogens is 2. The van der Waals surface area contributed by atoms with Crippen molar-refractivity contribution in [2.45, 2.75) is 24.5 Å². The number of hydrogen-bond donors (Lipinski definition) is 1. The number of benzene rings is 1. The SMILES string of the molecule is Cc1n[nH]c(C)c1SCc1ccccc1. The van der Waals surface area contributed by atoms with Gasteiger partial charge in [-0.3, -0.25) is 5.10 Å². The third-order valence-electron chi connectivity index (χ3n) is 2.29. The highest BCUT2D eigenvalue weighted by Crippen LogP contribution is 2.27. The molecule has 2 aromatic rings. The van der Waals surface area contributed by atoms with Crippen LogP contribution in [0.5, 0.6) is 0 Å². The van der Waals surface area contributed by atoms with E-state index in [1.54, 1.807) is 0 Å². The van der Waals surface area contributed by atoms with Crippen LogP contribution in [0.25, 0.3) is 0 Å². The molecule has 0 fully saturated rings. The molecule has 3 heteroatoms. The van der Waals surface area contributed by atoms with Gasteiger partial charge in [0.15, 0.2) is 0 Å². The summed E-state index contributed by atoms with van der Waals surface area (Å²) in [5.41, 5.74) is 3.60. The molecule has 0 spiro atoms. The average Bonchev–Trinajstić information content (AvgIpc) is 2.58. The highest BCUT2D eigenvalue weighted by atomic mass is 32.2. The third-order valence-corrected chi connectivity index (χ3v) is 3.65. The predicted octanol–water partition coefficient (Wildman–Crippen LogP) is 3.32. The quantitative estimate of drug-likeness (QED) is 0.801. The Bertz CT molecular complexity index is 415. The summed E-state index contributed by atoms with van der Waals surface area (Å²) in [5, 5.41) is 7.18. The first-order chi connectivity index (χ1) is 7.27. The first-order valence-electron chi connectivity index (χ1n) is 4.95. The maximum Gasteiger partial charge on any atom is 0.0729 e. The largest absolute Gasteiger partial charge is 0.281 e. The van der Waals surface area contributed by atoms with E-state index in [1.165, 1.54) is 10.5 Å². The van der Waals surface area contributed by atoms with Gasteiger partial charge in [0.25, 0.3) is 0 Å². The Morgan fingerprint density at radius 2 is 1.93 bits per heavy atom. The standard InChI is InChI=1S/C12H14N2S/c1-9-12(10(2)14-13-9)15-8-11-6-4-3-5-7-11/h3-7H,8H2,1-2H3,(H,13,14). The summed E-state index contributed by atoms with van der Waals surface area (Å²) < 4.78 is 0. The highest BCUT2D eigenvalue weighted by Gasteiger charge is 2.06. The van der Waals surface area contributed by atoms with Crippen molar-refractivity contribution in [1.29, 1.82) is 0 Å². The topological polar surface area (TPSA) is 28.7 Å². The van der Waals surface area contributed by atoms with Gasteiger partial charge in [0.1, 0.15) is 0 Å². The first kappa shape index (κ1) is 10.3. The van der Waals surface area contributed by atoms with Crippen molar-refractivity contribution in [3.05, 3.63) is 47.3 Å². The normalized spacial score (nSPS) is 10.5. The molecule has 0 saturated heterocycles. The highest BCUT2D eigenvalue weighted by molar-refractivity contribution is 7.98. The van der Waals surface area contributed by atoms with E-state index >= 15 is 0 Å². The van der Waals surface area contributed by atoms with Crippen molar-refractivity contribution in [2.24, 2.45) is 0 Å². The summed E-state index contributed by atoms with van der Waals surface area (Å²) in [7, 11) is 0. The van der Waals surface area contributed by atoms with E-state index in [4.69, 9.17) is 0 Å². The molecule has 2 nitrogen and oxygen atoms in total. The first-order valence-corrected chi connectivity index (χ1v) is 5.94. The zero-order valence-electron chi connectivity index (χ0n) is 8.95. The fourth-order valence-corrected chi connectivity index (χ4v) is 2.50. The van der Waals surface area contributed by atoms with Crippen molar-refractivity contribution >= 4 is 11.8 Å². The van der Waals surface area contributed by atoms with Crippen LogP contribution in [0.4, 0.5) is 0 Å². The van der Waals surface area contributed by atoms with Crippen LogP contribution in [0.1, 0.15) is 17.0 Å². The van der Waals surface area contributed by atoms with Crippen LogP contribution in [0.15, 0.2) is 35.2 Å². The molecule has 78 valence electrons. The Hall–Kier alpha value is -1.22. The van der Waals surface area contributed by atoms with Gasteiger partial charge in [-0.2, -0.15) is 5.10 Å². The Kier molecular flexibility index (Phi) is 3.11. The Balaban J connectivity index is 2.05. The van der Waals surface area contributed by atoms with Gasteiger partial charge >= 0.3 is 0 Å². The van der Waals surface area contributed by atoms with Crippen molar-refractivity contribution in [3.8, 4) is 0 Å². The van der Waals surface area contributed by atoms with E-state index in [0.717, 1.165) is 17.1 Å². The van der Waals surface area contributed by atoms with Gasteiger partial charge in [-0.15, -0.1) is 11.8 Å². The second kappa shape index (κ2) is 4.53. The average molecular weight is 218 g/mol. The van der Waals surface area contributed by atoms with Crippen LogP contribution < -0.4 is 0 Å². The maximum atomic E-state index is 4.18. The predicted molar refractivity (Wildman–Crippen MR) is 64.1 cm³/mol. The number of rotatable bonds is 3. The van der Waals surface area contributed by atoms with E-state index in [9.17, 15) is 0 Å². The molecule has 0 aliphatic heterocycles. The van der Waals surface area contributed by atoms with Gasteiger partial charge in [0.2, 0.25) is 0 Å². The smallest absolute Gasteiger partial charge is 0.0729 e. The second-order valence-electron chi connectivity index (χ2n) is 3.54.